The molecule has 0 saturated carbocycles. The summed E-state index contributed by atoms with van der Waals surface area (Å²) in [6, 6.07) is 10.4. The van der Waals surface area contributed by atoms with Crippen molar-refractivity contribution in [1.82, 2.24) is 5.32 Å². The zero-order valence-electron chi connectivity index (χ0n) is 11.5. The molecule has 0 bridgehead atoms. The molecular formula is C15H22N2O. The van der Waals surface area contributed by atoms with E-state index in [0.717, 1.165) is 25.0 Å². The second-order valence-corrected chi connectivity index (χ2v) is 4.64. The van der Waals surface area contributed by atoms with Gasteiger partial charge in [-0.1, -0.05) is 19.1 Å². The molecule has 1 aromatic rings. The summed E-state index contributed by atoms with van der Waals surface area (Å²) in [6.07, 6.45) is 2.69. The van der Waals surface area contributed by atoms with E-state index in [1.807, 2.05) is 26.1 Å². The van der Waals surface area contributed by atoms with Gasteiger partial charge in [-0.2, -0.15) is 5.26 Å². The van der Waals surface area contributed by atoms with Gasteiger partial charge in [-0.25, -0.2) is 0 Å². The largest absolute Gasteiger partial charge is 0.494 e. The lowest BCUT2D eigenvalue weighted by molar-refractivity contribution is 0.289. The molecule has 0 aliphatic carbocycles. The standard InChI is InChI=1S/C15H22N2O/c1-4-13-6-8-14(9-7-13)18-11-5-10-15(2,12-16)17-3/h6-9,17H,4-5,10-11H2,1-3H3. The van der Waals surface area contributed by atoms with Gasteiger partial charge in [0.1, 0.15) is 11.3 Å². The van der Waals surface area contributed by atoms with Crippen molar-refractivity contribution in [3.05, 3.63) is 29.8 Å². The SMILES string of the molecule is CCc1ccc(OCCCC(C)(C#N)NC)cc1. The van der Waals surface area contributed by atoms with Crippen LogP contribution in [0.4, 0.5) is 0 Å². The highest BCUT2D eigenvalue weighted by Gasteiger charge is 2.19. The monoisotopic (exact) mass is 246 g/mol. The lowest BCUT2D eigenvalue weighted by Gasteiger charge is -2.20. The maximum absolute atomic E-state index is 9.01. The van der Waals surface area contributed by atoms with E-state index in [1.54, 1.807) is 0 Å². The van der Waals surface area contributed by atoms with Crippen LogP contribution in [0.2, 0.25) is 0 Å². The first-order valence-electron chi connectivity index (χ1n) is 6.45. The molecule has 3 heteroatoms. The zero-order valence-corrected chi connectivity index (χ0v) is 11.5. The highest BCUT2D eigenvalue weighted by Crippen LogP contribution is 2.15. The molecule has 0 fully saturated rings. The number of benzene rings is 1. The molecule has 1 atom stereocenters. The summed E-state index contributed by atoms with van der Waals surface area (Å²) < 4.78 is 5.65. The first-order chi connectivity index (χ1) is 8.63. The van der Waals surface area contributed by atoms with E-state index in [0.29, 0.717) is 6.61 Å². The summed E-state index contributed by atoms with van der Waals surface area (Å²) in [5.74, 6) is 0.898. The summed E-state index contributed by atoms with van der Waals surface area (Å²) in [6.45, 7) is 4.68. The van der Waals surface area contributed by atoms with E-state index in [2.05, 4.69) is 30.4 Å². The number of hydrogen-bond donors (Lipinski definition) is 1. The Balaban J connectivity index is 2.31. The highest BCUT2D eigenvalue weighted by molar-refractivity contribution is 5.27. The van der Waals surface area contributed by atoms with Crippen LogP contribution in [0.1, 0.15) is 32.3 Å². The fraction of sp³-hybridized carbons (Fsp3) is 0.533. The fourth-order valence-corrected chi connectivity index (χ4v) is 1.67. The number of aryl methyl sites for hydroxylation is 1. The number of nitriles is 1. The van der Waals surface area contributed by atoms with Gasteiger partial charge in [-0.3, -0.25) is 0 Å². The van der Waals surface area contributed by atoms with Crippen LogP contribution in [0.15, 0.2) is 24.3 Å². The Morgan fingerprint density at radius 1 is 1.33 bits per heavy atom. The zero-order chi connectivity index (χ0) is 13.4. The molecule has 1 unspecified atom stereocenters. The molecule has 0 spiro atoms. The summed E-state index contributed by atoms with van der Waals surface area (Å²) >= 11 is 0. The van der Waals surface area contributed by atoms with Gasteiger partial charge in [0.2, 0.25) is 0 Å². The van der Waals surface area contributed by atoms with Gasteiger partial charge in [-0.15, -0.1) is 0 Å². The molecule has 1 aromatic carbocycles. The van der Waals surface area contributed by atoms with Crippen LogP contribution in [-0.4, -0.2) is 19.2 Å². The predicted octanol–water partition coefficient (Wildman–Crippen LogP) is 2.91. The molecule has 0 radical (unpaired) electrons. The van der Waals surface area contributed by atoms with E-state index in [4.69, 9.17) is 10.00 Å². The Morgan fingerprint density at radius 3 is 2.50 bits per heavy atom. The van der Waals surface area contributed by atoms with Crippen molar-refractivity contribution in [2.24, 2.45) is 0 Å². The van der Waals surface area contributed by atoms with Crippen LogP contribution in [0, 0.1) is 11.3 Å². The Labute approximate surface area is 110 Å². The normalized spacial score (nSPS) is 13.7. The Kier molecular flexibility index (Phi) is 5.67. The van der Waals surface area contributed by atoms with Gasteiger partial charge >= 0.3 is 0 Å². The topological polar surface area (TPSA) is 45.0 Å². The van der Waals surface area contributed by atoms with Crippen LogP contribution in [0.3, 0.4) is 0 Å². The van der Waals surface area contributed by atoms with Gasteiger partial charge in [-0.05, 0) is 50.9 Å². The predicted molar refractivity (Wildman–Crippen MR) is 73.6 cm³/mol. The van der Waals surface area contributed by atoms with Crippen molar-refractivity contribution >= 4 is 0 Å². The van der Waals surface area contributed by atoms with Crippen LogP contribution in [-0.2, 0) is 6.42 Å². The second-order valence-electron chi connectivity index (χ2n) is 4.64. The van der Waals surface area contributed by atoms with Gasteiger partial charge in [0.05, 0.1) is 12.7 Å². The maximum Gasteiger partial charge on any atom is 0.119 e. The molecule has 0 heterocycles. The number of nitrogens with one attached hydrogen (secondary N) is 1. The summed E-state index contributed by atoms with van der Waals surface area (Å²) in [5.41, 5.74) is 0.865. The minimum absolute atomic E-state index is 0.449. The number of rotatable bonds is 7. The lowest BCUT2D eigenvalue weighted by Crippen LogP contribution is -2.38. The van der Waals surface area contributed by atoms with Crippen molar-refractivity contribution in [2.45, 2.75) is 38.6 Å². The number of nitrogens with zero attached hydrogens (tertiary/aromatic N) is 1. The average molecular weight is 246 g/mol. The van der Waals surface area contributed by atoms with Crippen molar-refractivity contribution < 1.29 is 4.74 Å². The van der Waals surface area contributed by atoms with E-state index >= 15 is 0 Å². The van der Waals surface area contributed by atoms with Crippen molar-refractivity contribution in [2.75, 3.05) is 13.7 Å². The van der Waals surface area contributed by atoms with E-state index in [1.165, 1.54) is 5.56 Å². The average Bonchev–Trinajstić information content (AvgIpc) is 2.44. The van der Waals surface area contributed by atoms with Crippen LogP contribution in [0.5, 0.6) is 5.75 Å². The Morgan fingerprint density at radius 2 is 2.00 bits per heavy atom. The second kappa shape index (κ2) is 7.03. The summed E-state index contributed by atoms with van der Waals surface area (Å²) in [5, 5.41) is 12.0. The smallest absolute Gasteiger partial charge is 0.119 e. The van der Waals surface area contributed by atoms with E-state index in [9.17, 15) is 0 Å². The minimum Gasteiger partial charge on any atom is -0.494 e. The molecule has 1 N–H and O–H groups in total. The molecule has 98 valence electrons. The molecule has 18 heavy (non-hydrogen) atoms. The summed E-state index contributed by atoms with van der Waals surface area (Å²) in [4.78, 5) is 0. The van der Waals surface area contributed by atoms with Gasteiger partial charge in [0.25, 0.3) is 0 Å². The molecule has 0 saturated heterocycles. The van der Waals surface area contributed by atoms with E-state index in [-0.39, 0.29) is 0 Å². The fourth-order valence-electron chi connectivity index (χ4n) is 1.67. The molecule has 0 aliphatic heterocycles. The molecule has 0 aromatic heterocycles. The van der Waals surface area contributed by atoms with Gasteiger partial charge < -0.3 is 10.1 Å². The third-order valence-electron chi connectivity index (χ3n) is 3.22. The van der Waals surface area contributed by atoms with Crippen molar-refractivity contribution in [1.29, 1.82) is 5.26 Å². The highest BCUT2D eigenvalue weighted by atomic mass is 16.5. The molecule has 0 amide bonds. The summed E-state index contributed by atoms with van der Waals surface area (Å²) in [7, 11) is 1.81. The molecule has 3 nitrogen and oxygen atoms in total. The Hall–Kier alpha value is -1.53. The lowest BCUT2D eigenvalue weighted by atomic mass is 9.98. The van der Waals surface area contributed by atoms with Crippen LogP contribution in [0.25, 0.3) is 0 Å². The van der Waals surface area contributed by atoms with Crippen molar-refractivity contribution in [3.8, 4) is 11.8 Å². The first-order valence-corrected chi connectivity index (χ1v) is 6.45. The van der Waals surface area contributed by atoms with Crippen LogP contribution >= 0.6 is 0 Å². The van der Waals surface area contributed by atoms with Gasteiger partial charge in [0, 0.05) is 0 Å². The quantitative estimate of drug-likeness (QED) is 0.752. The molecule has 1 rings (SSSR count). The molecular weight excluding hydrogens is 224 g/mol. The van der Waals surface area contributed by atoms with Crippen molar-refractivity contribution in [3.63, 3.8) is 0 Å². The number of ether oxygens (including phenoxy) is 1. The third kappa shape index (κ3) is 4.38. The Bertz CT molecular complexity index is 394. The first kappa shape index (κ1) is 14.5. The molecule has 0 aliphatic rings. The van der Waals surface area contributed by atoms with Gasteiger partial charge in [0.15, 0.2) is 0 Å². The van der Waals surface area contributed by atoms with Crippen LogP contribution < -0.4 is 10.1 Å². The maximum atomic E-state index is 9.01. The van der Waals surface area contributed by atoms with E-state index < -0.39 is 5.54 Å². The minimum atomic E-state index is -0.449. The third-order valence-corrected chi connectivity index (χ3v) is 3.22. The number of hydrogen-bond acceptors (Lipinski definition) is 3.